The molecule has 0 amide bonds. The van der Waals surface area contributed by atoms with Crippen molar-refractivity contribution in [3.05, 3.63) is 35.4 Å². The smallest absolute Gasteiger partial charge is 0.321 e. The Morgan fingerprint density at radius 2 is 1.77 bits per heavy atom. The second-order valence-electron chi connectivity index (χ2n) is 4.56. The van der Waals surface area contributed by atoms with Gasteiger partial charge in [0.2, 0.25) is 0 Å². The van der Waals surface area contributed by atoms with Crippen LogP contribution in [0.15, 0.2) is 24.3 Å². The van der Waals surface area contributed by atoms with E-state index in [1.807, 2.05) is 0 Å². The zero-order chi connectivity index (χ0) is 16.9. The molecule has 0 saturated heterocycles. The van der Waals surface area contributed by atoms with Gasteiger partial charge < -0.3 is 15.4 Å². The molecule has 0 spiro atoms. The number of rotatable bonds is 8. The fourth-order valence-corrected chi connectivity index (χ4v) is 2.82. The van der Waals surface area contributed by atoms with Gasteiger partial charge in [-0.1, -0.05) is 24.3 Å². The van der Waals surface area contributed by atoms with E-state index >= 15 is 0 Å². The first kappa shape index (κ1) is 18.7. The van der Waals surface area contributed by atoms with Gasteiger partial charge in [-0.05, 0) is 11.1 Å². The number of hydrogen-bond acceptors (Lipinski definition) is 5. The Bertz CT molecular complexity index is 646. The SMILES string of the molecule is N[C@@H](CN(Cc1ccc(CS(=O)O)cc1)S(N)(=O)=O)C(=O)O. The normalized spacial score (nSPS) is 14.7. The fraction of sp³-hybridized carbons (Fsp3) is 0.364. The second-order valence-corrected chi connectivity index (χ2v) is 7.04. The van der Waals surface area contributed by atoms with E-state index in [9.17, 15) is 17.4 Å². The van der Waals surface area contributed by atoms with E-state index < -0.39 is 39.8 Å². The van der Waals surface area contributed by atoms with Crippen LogP contribution in [-0.4, -0.2) is 45.1 Å². The van der Waals surface area contributed by atoms with E-state index in [1.54, 1.807) is 24.3 Å². The van der Waals surface area contributed by atoms with Gasteiger partial charge in [0.25, 0.3) is 10.2 Å². The molecular weight excluding hydrogens is 334 g/mol. The van der Waals surface area contributed by atoms with Crippen molar-refractivity contribution in [2.45, 2.75) is 18.3 Å². The molecule has 0 aliphatic carbocycles. The second kappa shape index (κ2) is 7.76. The monoisotopic (exact) mass is 351 g/mol. The minimum Gasteiger partial charge on any atom is -0.480 e. The van der Waals surface area contributed by atoms with Gasteiger partial charge in [-0.2, -0.15) is 12.7 Å². The molecule has 0 aliphatic rings. The van der Waals surface area contributed by atoms with Crippen LogP contribution in [0.4, 0.5) is 0 Å². The summed E-state index contributed by atoms with van der Waals surface area (Å²) in [5.41, 5.74) is 6.47. The molecule has 0 fully saturated rings. The molecule has 2 atom stereocenters. The summed E-state index contributed by atoms with van der Waals surface area (Å²) >= 11 is -1.97. The first-order valence-corrected chi connectivity index (χ1v) is 8.79. The lowest BCUT2D eigenvalue weighted by molar-refractivity contribution is -0.138. The summed E-state index contributed by atoms with van der Waals surface area (Å²) in [4.78, 5) is 10.7. The van der Waals surface area contributed by atoms with Crippen LogP contribution in [0.1, 0.15) is 11.1 Å². The third kappa shape index (κ3) is 6.17. The Hall–Kier alpha value is -1.37. The van der Waals surface area contributed by atoms with Crippen LogP contribution >= 0.6 is 0 Å². The largest absolute Gasteiger partial charge is 0.480 e. The highest BCUT2D eigenvalue weighted by atomic mass is 32.2. The molecule has 0 aliphatic heterocycles. The maximum Gasteiger partial charge on any atom is 0.321 e. The van der Waals surface area contributed by atoms with Crippen molar-refractivity contribution < 1.29 is 27.1 Å². The number of benzene rings is 1. The molecule has 0 bridgehead atoms. The lowest BCUT2D eigenvalue weighted by Gasteiger charge is -2.21. The lowest BCUT2D eigenvalue weighted by atomic mass is 10.1. The molecule has 1 aromatic rings. The molecule has 1 aromatic carbocycles. The van der Waals surface area contributed by atoms with Crippen molar-refractivity contribution in [2.24, 2.45) is 10.9 Å². The predicted octanol–water partition coefficient (Wildman–Crippen LogP) is -1.17. The topological polar surface area (TPSA) is 164 Å². The molecule has 0 radical (unpaired) electrons. The molecule has 22 heavy (non-hydrogen) atoms. The number of carboxylic acids is 1. The summed E-state index contributed by atoms with van der Waals surface area (Å²) in [6, 6.07) is 4.87. The summed E-state index contributed by atoms with van der Waals surface area (Å²) in [6.45, 7) is -0.612. The first-order chi connectivity index (χ1) is 10.1. The van der Waals surface area contributed by atoms with Crippen molar-refractivity contribution in [1.82, 2.24) is 4.31 Å². The van der Waals surface area contributed by atoms with E-state index in [4.69, 9.17) is 20.5 Å². The molecule has 6 N–H and O–H groups in total. The Kier molecular flexibility index (Phi) is 6.59. The Balaban J connectivity index is 2.86. The van der Waals surface area contributed by atoms with Crippen LogP contribution in [-0.2, 0) is 38.4 Å². The molecule has 0 aromatic heterocycles. The van der Waals surface area contributed by atoms with Crippen LogP contribution in [0.2, 0.25) is 0 Å². The van der Waals surface area contributed by atoms with Gasteiger partial charge in [0.15, 0.2) is 11.1 Å². The van der Waals surface area contributed by atoms with E-state index in [0.717, 1.165) is 4.31 Å². The van der Waals surface area contributed by atoms with Crippen molar-refractivity contribution in [2.75, 3.05) is 6.54 Å². The minimum absolute atomic E-state index is 0.0386. The highest BCUT2D eigenvalue weighted by Gasteiger charge is 2.24. The van der Waals surface area contributed by atoms with Crippen LogP contribution in [0, 0.1) is 0 Å². The van der Waals surface area contributed by atoms with Crippen molar-refractivity contribution in [3.63, 3.8) is 0 Å². The van der Waals surface area contributed by atoms with Crippen LogP contribution < -0.4 is 10.9 Å². The minimum atomic E-state index is -4.12. The summed E-state index contributed by atoms with van der Waals surface area (Å²) in [5, 5.41) is 13.8. The Morgan fingerprint density at radius 3 is 2.18 bits per heavy atom. The van der Waals surface area contributed by atoms with Gasteiger partial charge in [-0.25, -0.2) is 9.35 Å². The van der Waals surface area contributed by atoms with Crippen molar-refractivity contribution in [3.8, 4) is 0 Å². The van der Waals surface area contributed by atoms with Gasteiger partial charge in [0, 0.05) is 13.1 Å². The Morgan fingerprint density at radius 1 is 1.27 bits per heavy atom. The third-order valence-electron chi connectivity index (χ3n) is 2.75. The molecular formula is C11H17N3O6S2. The van der Waals surface area contributed by atoms with Gasteiger partial charge in [0.1, 0.15) is 6.04 Å². The summed E-state index contributed by atoms with van der Waals surface area (Å²) < 4.78 is 43.2. The molecule has 1 unspecified atom stereocenters. The van der Waals surface area contributed by atoms with Gasteiger partial charge >= 0.3 is 5.97 Å². The average Bonchev–Trinajstić information content (AvgIpc) is 2.38. The number of hydrogen-bond donors (Lipinski definition) is 4. The third-order valence-corrected chi connectivity index (χ3v) is 4.33. The number of aliphatic carboxylic acids is 1. The molecule has 9 nitrogen and oxygen atoms in total. The number of carbonyl (C=O) groups is 1. The average molecular weight is 351 g/mol. The maximum atomic E-state index is 11.5. The molecule has 0 heterocycles. The fourth-order valence-electron chi connectivity index (χ4n) is 1.64. The summed E-state index contributed by atoms with van der Waals surface area (Å²) in [5.74, 6) is -1.38. The van der Waals surface area contributed by atoms with E-state index in [1.165, 1.54) is 0 Å². The quantitative estimate of drug-likeness (QED) is 0.428. The first-order valence-electron chi connectivity index (χ1n) is 6.01. The number of carboxylic acid groups (broad SMARTS) is 1. The predicted molar refractivity (Wildman–Crippen MR) is 80.0 cm³/mol. The zero-order valence-electron chi connectivity index (χ0n) is 11.5. The summed E-state index contributed by atoms with van der Waals surface area (Å²) in [7, 11) is -4.12. The van der Waals surface area contributed by atoms with E-state index in [0.29, 0.717) is 11.1 Å². The van der Waals surface area contributed by atoms with Crippen molar-refractivity contribution >= 4 is 27.3 Å². The van der Waals surface area contributed by atoms with Crippen LogP contribution in [0.3, 0.4) is 0 Å². The molecule has 124 valence electrons. The number of nitrogens with two attached hydrogens (primary N) is 2. The molecule has 11 heteroatoms. The highest BCUT2D eigenvalue weighted by molar-refractivity contribution is 7.86. The van der Waals surface area contributed by atoms with Crippen LogP contribution in [0.25, 0.3) is 0 Å². The van der Waals surface area contributed by atoms with E-state index in [2.05, 4.69) is 0 Å². The van der Waals surface area contributed by atoms with Gasteiger partial charge in [-0.3, -0.25) is 4.79 Å². The summed E-state index contributed by atoms with van der Waals surface area (Å²) in [6.07, 6.45) is 0. The van der Waals surface area contributed by atoms with E-state index in [-0.39, 0.29) is 12.3 Å². The van der Waals surface area contributed by atoms with Gasteiger partial charge in [0.05, 0.1) is 5.75 Å². The maximum absolute atomic E-state index is 11.5. The molecule has 1 rings (SSSR count). The lowest BCUT2D eigenvalue weighted by Crippen LogP contribution is -2.47. The van der Waals surface area contributed by atoms with Crippen LogP contribution in [0.5, 0.6) is 0 Å². The standard InChI is InChI=1S/C11H17N3O6S2/c12-10(11(15)16)6-14(22(13,19)20)5-8-1-3-9(4-2-8)7-21(17)18/h1-4,10H,5-7,12H2,(H,15,16)(H,17,18)(H2,13,19,20)/t10-/m0/s1. The Labute approximate surface area is 130 Å². The zero-order valence-corrected chi connectivity index (χ0v) is 13.1. The number of nitrogens with zero attached hydrogens (tertiary/aromatic N) is 1. The van der Waals surface area contributed by atoms with Crippen molar-refractivity contribution in [1.29, 1.82) is 0 Å². The van der Waals surface area contributed by atoms with Gasteiger partial charge in [-0.15, -0.1) is 0 Å². The molecule has 0 saturated carbocycles. The highest BCUT2D eigenvalue weighted by Crippen LogP contribution is 2.11.